The van der Waals surface area contributed by atoms with Gasteiger partial charge in [-0.15, -0.1) is 0 Å². The molecule has 0 aliphatic rings. The molecular formula is C10H13O. The van der Waals surface area contributed by atoms with Crippen molar-refractivity contribution in [1.29, 1.82) is 0 Å². The van der Waals surface area contributed by atoms with Gasteiger partial charge in [0.15, 0.2) is 0 Å². The summed E-state index contributed by atoms with van der Waals surface area (Å²) >= 11 is 0. The molecule has 0 saturated heterocycles. The maximum absolute atomic E-state index is 9.15. The van der Waals surface area contributed by atoms with Gasteiger partial charge in [-0.1, -0.05) is 26.8 Å². The van der Waals surface area contributed by atoms with Crippen molar-refractivity contribution in [1.82, 2.24) is 0 Å². The molecule has 1 rings (SSSR count). The second kappa shape index (κ2) is 2.57. The molecule has 1 aromatic rings. The van der Waals surface area contributed by atoms with E-state index in [9.17, 15) is 0 Å². The van der Waals surface area contributed by atoms with E-state index in [0.717, 1.165) is 5.56 Å². The van der Waals surface area contributed by atoms with Gasteiger partial charge < -0.3 is 5.11 Å². The summed E-state index contributed by atoms with van der Waals surface area (Å²) in [6.07, 6.45) is 0. The predicted molar refractivity (Wildman–Crippen MR) is 45.6 cm³/mol. The minimum Gasteiger partial charge on any atom is -0.508 e. The molecular weight excluding hydrogens is 136 g/mol. The van der Waals surface area contributed by atoms with Crippen molar-refractivity contribution >= 4 is 0 Å². The number of hydrogen-bond donors (Lipinski definition) is 1. The Balaban J connectivity index is 3.06. The molecule has 0 bridgehead atoms. The summed E-state index contributed by atoms with van der Waals surface area (Å²) in [5.74, 6) is 0.289. The van der Waals surface area contributed by atoms with Crippen LogP contribution in [-0.4, -0.2) is 5.11 Å². The lowest BCUT2D eigenvalue weighted by molar-refractivity contribution is 0.471. The Bertz CT molecular complexity index is 245. The summed E-state index contributed by atoms with van der Waals surface area (Å²) < 4.78 is 0. The zero-order chi connectivity index (χ0) is 8.48. The fourth-order valence-corrected chi connectivity index (χ4v) is 0.892. The average molecular weight is 149 g/mol. The van der Waals surface area contributed by atoms with Crippen LogP contribution in [0.5, 0.6) is 5.75 Å². The van der Waals surface area contributed by atoms with Crippen molar-refractivity contribution in [2.24, 2.45) is 0 Å². The first-order chi connectivity index (χ1) is 5.00. The van der Waals surface area contributed by atoms with Gasteiger partial charge in [0, 0.05) is 0 Å². The topological polar surface area (TPSA) is 20.2 Å². The second-order valence-corrected chi connectivity index (χ2v) is 3.73. The van der Waals surface area contributed by atoms with Crippen molar-refractivity contribution < 1.29 is 5.11 Å². The SMILES string of the molecule is CC(C)(C)c1c[c]cc(O)c1. The molecule has 0 unspecified atom stereocenters. The minimum atomic E-state index is 0.0925. The highest BCUT2D eigenvalue weighted by molar-refractivity contribution is 5.30. The first kappa shape index (κ1) is 8.12. The van der Waals surface area contributed by atoms with Gasteiger partial charge in [-0.05, 0) is 29.2 Å². The summed E-state index contributed by atoms with van der Waals surface area (Å²) in [4.78, 5) is 0. The van der Waals surface area contributed by atoms with E-state index in [4.69, 9.17) is 5.11 Å². The molecule has 1 radical (unpaired) electrons. The number of hydrogen-bond acceptors (Lipinski definition) is 1. The fraction of sp³-hybridized carbons (Fsp3) is 0.400. The molecule has 59 valence electrons. The average Bonchev–Trinajstić information content (AvgIpc) is 1.86. The van der Waals surface area contributed by atoms with Crippen LogP contribution in [0.25, 0.3) is 0 Å². The van der Waals surface area contributed by atoms with Crippen LogP contribution in [-0.2, 0) is 5.41 Å². The third-order valence-corrected chi connectivity index (χ3v) is 1.64. The highest BCUT2D eigenvalue weighted by atomic mass is 16.3. The number of aromatic hydroxyl groups is 1. The van der Waals surface area contributed by atoms with E-state index in [1.165, 1.54) is 0 Å². The van der Waals surface area contributed by atoms with Gasteiger partial charge in [0.1, 0.15) is 5.75 Å². The van der Waals surface area contributed by atoms with Crippen LogP contribution < -0.4 is 0 Å². The lowest BCUT2D eigenvalue weighted by atomic mass is 9.87. The molecule has 0 heterocycles. The third kappa shape index (κ3) is 1.97. The zero-order valence-electron chi connectivity index (χ0n) is 7.18. The van der Waals surface area contributed by atoms with Gasteiger partial charge in [0.2, 0.25) is 0 Å². The van der Waals surface area contributed by atoms with E-state index in [1.54, 1.807) is 12.1 Å². The Labute approximate surface area is 67.7 Å². The largest absolute Gasteiger partial charge is 0.508 e. The maximum atomic E-state index is 9.15. The highest BCUT2D eigenvalue weighted by Crippen LogP contribution is 2.24. The Morgan fingerprint density at radius 2 is 1.91 bits per heavy atom. The van der Waals surface area contributed by atoms with Crippen LogP contribution >= 0.6 is 0 Å². The predicted octanol–water partition coefficient (Wildman–Crippen LogP) is 2.49. The molecule has 0 aliphatic carbocycles. The molecule has 0 saturated carbocycles. The van der Waals surface area contributed by atoms with Crippen LogP contribution in [0.3, 0.4) is 0 Å². The van der Waals surface area contributed by atoms with E-state index in [2.05, 4.69) is 26.8 Å². The summed E-state index contributed by atoms with van der Waals surface area (Å²) in [6, 6.07) is 8.13. The van der Waals surface area contributed by atoms with E-state index >= 15 is 0 Å². The quantitative estimate of drug-likeness (QED) is 0.600. The van der Waals surface area contributed by atoms with Crippen molar-refractivity contribution in [3.63, 3.8) is 0 Å². The minimum absolute atomic E-state index is 0.0925. The Hall–Kier alpha value is -0.980. The molecule has 1 aromatic carbocycles. The van der Waals surface area contributed by atoms with Crippen LogP contribution in [0.4, 0.5) is 0 Å². The molecule has 11 heavy (non-hydrogen) atoms. The maximum Gasteiger partial charge on any atom is 0.116 e. The number of phenols is 1. The van der Waals surface area contributed by atoms with Crippen LogP contribution in [0.2, 0.25) is 0 Å². The van der Waals surface area contributed by atoms with Gasteiger partial charge >= 0.3 is 0 Å². The summed E-state index contributed by atoms with van der Waals surface area (Å²) in [5.41, 5.74) is 1.20. The van der Waals surface area contributed by atoms with E-state index in [1.807, 2.05) is 6.07 Å². The Morgan fingerprint density at radius 3 is 2.27 bits per heavy atom. The number of phenolic OH excluding ortho intramolecular Hbond substituents is 1. The van der Waals surface area contributed by atoms with E-state index < -0.39 is 0 Å². The van der Waals surface area contributed by atoms with Gasteiger partial charge in [0.05, 0.1) is 0 Å². The molecule has 0 fully saturated rings. The van der Waals surface area contributed by atoms with Gasteiger partial charge in [-0.2, -0.15) is 0 Å². The first-order valence-electron chi connectivity index (χ1n) is 3.71. The van der Waals surface area contributed by atoms with Gasteiger partial charge in [0.25, 0.3) is 0 Å². The smallest absolute Gasteiger partial charge is 0.116 e. The molecule has 0 amide bonds. The molecule has 1 N–H and O–H groups in total. The number of benzene rings is 1. The molecule has 1 nitrogen and oxygen atoms in total. The van der Waals surface area contributed by atoms with Crippen LogP contribution in [0.15, 0.2) is 18.2 Å². The fourth-order valence-electron chi connectivity index (χ4n) is 0.892. The van der Waals surface area contributed by atoms with Crippen molar-refractivity contribution in [3.8, 4) is 5.75 Å². The summed E-state index contributed by atoms with van der Waals surface area (Å²) in [7, 11) is 0. The number of rotatable bonds is 0. The molecule has 1 heteroatoms. The summed E-state index contributed by atoms with van der Waals surface area (Å²) in [5, 5.41) is 9.15. The molecule has 0 aliphatic heterocycles. The van der Waals surface area contributed by atoms with Crippen LogP contribution in [0, 0.1) is 6.07 Å². The lowest BCUT2D eigenvalue weighted by Crippen LogP contribution is -2.10. The Morgan fingerprint density at radius 1 is 1.27 bits per heavy atom. The zero-order valence-corrected chi connectivity index (χ0v) is 7.18. The summed E-state index contributed by atoms with van der Waals surface area (Å²) in [6.45, 7) is 6.32. The van der Waals surface area contributed by atoms with E-state index in [-0.39, 0.29) is 11.2 Å². The Kier molecular flexibility index (Phi) is 1.90. The lowest BCUT2D eigenvalue weighted by Gasteiger charge is -2.18. The van der Waals surface area contributed by atoms with Crippen LogP contribution in [0.1, 0.15) is 26.3 Å². The molecule has 0 atom stereocenters. The van der Waals surface area contributed by atoms with Crippen molar-refractivity contribution in [2.45, 2.75) is 26.2 Å². The molecule has 0 aromatic heterocycles. The molecule has 0 spiro atoms. The van der Waals surface area contributed by atoms with E-state index in [0.29, 0.717) is 0 Å². The second-order valence-electron chi connectivity index (χ2n) is 3.73. The normalized spacial score (nSPS) is 11.5. The highest BCUT2D eigenvalue weighted by Gasteiger charge is 2.13. The third-order valence-electron chi connectivity index (χ3n) is 1.64. The van der Waals surface area contributed by atoms with Crippen molar-refractivity contribution in [3.05, 3.63) is 29.8 Å². The monoisotopic (exact) mass is 149 g/mol. The standard InChI is InChI=1S/C10H13O/c1-10(2,3)8-5-4-6-9(11)7-8/h5-7,11H,1-3H3. The van der Waals surface area contributed by atoms with Crippen molar-refractivity contribution in [2.75, 3.05) is 0 Å². The van der Waals surface area contributed by atoms with Gasteiger partial charge in [-0.3, -0.25) is 0 Å². The first-order valence-corrected chi connectivity index (χ1v) is 3.71. The van der Waals surface area contributed by atoms with Gasteiger partial charge in [-0.25, -0.2) is 0 Å².